The minimum Gasteiger partial charge on any atom is -0.444 e. The van der Waals surface area contributed by atoms with Crippen LogP contribution in [0.3, 0.4) is 0 Å². The Bertz CT molecular complexity index is 702. The number of ether oxygens (including phenoxy) is 1. The standard InChI is InChI=1S/C17H22F2N4O2/c1-17(2,3)25-16(24)21-13-9-23(5-4-12(13)19)14-7-10-6-11(18)8-20-15(10)22-14/h6,8,12-13H,4-5,7,9H2,1-3H3,(H,21,24)/t12-,13-/m1/s1. The quantitative estimate of drug-likeness (QED) is 0.844. The lowest BCUT2D eigenvalue weighted by atomic mass is 10.0. The molecule has 136 valence electrons. The van der Waals surface area contributed by atoms with Crippen LogP contribution in [-0.2, 0) is 11.2 Å². The number of fused-ring (bicyclic) bond motifs is 1. The second kappa shape index (κ2) is 6.57. The Kier molecular flexibility index (Phi) is 4.62. The van der Waals surface area contributed by atoms with Crippen LogP contribution in [0, 0.1) is 5.82 Å². The van der Waals surface area contributed by atoms with Gasteiger partial charge in [-0.05, 0) is 33.3 Å². The average molecular weight is 352 g/mol. The van der Waals surface area contributed by atoms with Gasteiger partial charge in [0.05, 0.1) is 12.2 Å². The Morgan fingerprint density at radius 3 is 2.92 bits per heavy atom. The molecule has 0 unspecified atom stereocenters. The van der Waals surface area contributed by atoms with Gasteiger partial charge in [-0.25, -0.2) is 23.6 Å². The van der Waals surface area contributed by atoms with Gasteiger partial charge in [0.25, 0.3) is 0 Å². The predicted octanol–water partition coefficient (Wildman–Crippen LogP) is 2.74. The summed E-state index contributed by atoms with van der Waals surface area (Å²) in [6.07, 6.45) is 0.0749. The number of amidine groups is 1. The molecule has 0 radical (unpaired) electrons. The molecule has 0 aliphatic carbocycles. The minimum absolute atomic E-state index is 0.275. The fourth-order valence-corrected chi connectivity index (χ4v) is 2.97. The summed E-state index contributed by atoms with van der Waals surface area (Å²) in [6, 6.07) is 0.733. The van der Waals surface area contributed by atoms with E-state index in [1.54, 1.807) is 20.8 Å². The van der Waals surface area contributed by atoms with Gasteiger partial charge in [0.2, 0.25) is 0 Å². The number of rotatable bonds is 1. The molecule has 0 spiro atoms. The first kappa shape index (κ1) is 17.6. The van der Waals surface area contributed by atoms with Gasteiger partial charge in [0.1, 0.15) is 23.4 Å². The van der Waals surface area contributed by atoms with E-state index < -0.39 is 29.7 Å². The Labute approximate surface area is 145 Å². The topological polar surface area (TPSA) is 66.8 Å². The van der Waals surface area contributed by atoms with Crippen LogP contribution in [0.2, 0.25) is 0 Å². The maximum Gasteiger partial charge on any atom is 0.408 e. The maximum absolute atomic E-state index is 14.2. The number of piperidine rings is 1. The molecule has 8 heteroatoms. The highest BCUT2D eigenvalue weighted by molar-refractivity contribution is 5.91. The minimum atomic E-state index is -1.15. The third kappa shape index (κ3) is 4.24. The third-order valence-corrected chi connectivity index (χ3v) is 4.09. The lowest BCUT2D eigenvalue weighted by Crippen LogP contribution is -2.55. The number of carbonyl (C=O) groups is 1. The number of carbonyl (C=O) groups excluding carboxylic acids is 1. The van der Waals surface area contributed by atoms with E-state index in [0.717, 1.165) is 12.0 Å². The number of pyridine rings is 1. The number of halogens is 2. The number of aliphatic imine (C=N–C) groups is 1. The van der Waals surface area contributed by atoms with E-state index in [4.69, 9.17) is 4.74 Å². The number of nitrogens with zero attached hydrogens (tertiary/aromatic N) is 3. The molecule has 25 heavy (non-hydrogen) atoms. The van der Waals surface area contributed by atoms with Crippen LogP contribution in [0.25, 0.3) is 0 Å². The van der Waals surface area contributed by atoms with E-state index >= 15 is 0 Å². The molecule has 0 aromatic carbocycles. The summed E-state index contributed by atoms with van der Waals surface area (Å²) in [5.41, 5.74) is 0.0750. The molecule has 0 saturated carbocycles. The summed E-state index contributed by atoms with van der Waals surface area (Å²) in [4.78, 5) is 22.2. The van der Waals surface area contributed by atoms with Crippen molar-refractivity contribution in [1.29, 1.82) is 0 Å². The number of amides is 1. The van der Waals surface area contributed by atoms with E-state index in [0.29, 0.717) is 24.3 Å². The van der Waals surface area contributed by atoms with Gasteiger partial charge < -0.3 is 15.0 Å². The number of nitrogens with one attached hydrogen (secondary N) is 1. The summed E-state index contributed by atoms with van der Waals surface area (Å²) in [6.45, 7) is 6.04. The van der Waals surface area contributed by atoms with Gasteiger partial charge in [0.15, 0.2) is 5.82 Å². The van der Waals surface area contributed by atoms with Crippen LogP contribution in [-0.4, -0.2) is 52.7 Å². The number of hydrogen-bond acceptors (Lipinski definition) is 5. The van der Waals surface area contributed by atoms with Crippen molar-refractivity contribution in [1.82, 2.24) is 15.2 Å². The van der Waals surface area contributed by atoms with Crippen LogP contribution in [0.4, 0.5) is 19.4 Å². The summed E-state index contributed by atoms with van der Waals surface area (Å²) >= 11 is 0. The van der Waals surface area contributed by atoms with Gasteiger partial charge in [-0.15, -0.1) is 0 Å². The predicted molar refractivity (Wildman–Crippen MR) is 89.2 cm³/mol. The number of likely N-dealkylation sites (tertiary alicyclic amines) is 1. The zero-order valence-corrected chi connectivity index (χ0v) is 14.6. The van der Waals surface area contributed by atoms with Crippen LogP contribution >= 0.6 is 0 Å². The summed E-state index contributed by atoms with van der Waals surface area (Å²) in [7, 11) is 0. The second-order valence-corrected chi connectivity index (χ2v) is 7.34. The number of hydrogen-bond donors (Lipinski definition) is 1. The SMILES string of the molecule is CC(C)(C)OC(=O)N[C@@H]1CN(C2=Nc3ncc(F)cc3C2)CC[C@H]1F. The molecule has 0 bridgehead atoms. The van der Waals surface area contributed by atoms with Gasteiger partial charge in [-0.3, -0.25) is 0 Å². The van der Waals surface area contributed by atoms with Crippen LogP contribution in [0.15, 0.2) is 17.3 Å². The molecular formula is C17H22F2N4O2. The summed E-state index contributed by atoms with van der Waals surface area (Å²) in [5.74, 6) is 0.813. The molecule has 1 N–H and O–H groups in total. The molecule has 2 aliphatic heterocycles. The van der Waals surface area contributed by atoms with Crippen molar-refractivity contribution in [3.63, 3.8) is 0 Å². The van der Waals surface area contributed by atoms with E-state index in [9.17, 15) is 13.6 Å². The summed E-state index contributed by atoms with van der Waals surface area (Å²) < 4.78 is 32.7. The van der Waals surface area contributed by atoms with Crippen molar-refractivity contribution in [2.75, 3.05) is 13.1 Å². The van der Waals surface area contributed by atoms with Crippen molar-refractivity contribution >= 4 is 17.7 Å². The second-order valence-electron chi connectivity index (χ2n) is 7.34. The van der Waals surface area contributed by atoms with Crippen LogP contribution in [0.1, 0.15) is 32.8 Å². The first-order valence-corrected chi connectivity index (χ1v) is 8.32. The molecule has 3 rings (SSSR count). The highest BCUT2D eigenvalue weighted by atomic mass is 19.1. The molecule has 1 fully saturated rings. The monoisotopic (exact) mass is 352 g/mol. The van der Waals surface area contributed by atoms with E-state index in [-0.39, 0.29) is 13.0 Å². The lowest BCUT2D eigenvalue weighted by molar-refractivity contribution is 0.0431. The Hall–Kier alpha value is -2.25. The largest absolute Gasteiger partial charge is 0.444 e. The zero-order chi connectivity index (χ0) is 18.2. The highest BCUT2D eigenvalue weighted by Crippen LogP contribution is 2.27. The van der Waals surface area contributed by atoms with Crippen molar-refractivity contribution in [3.05, 3.63) is 23.6 Å². The Morgan fingerprint density at radius 2 is 2.20 bits per heavy atom. The maximum atomic E-state index is 14.2. The number of alkyl carbamates (subject to hydrolysis) is 1. The molecule has 1 amide bonds. The zero-order valence-electron chi connectivity index (χ0n) is 14.6. The molecule has 1 aromatic rings. The lowest BCUT2D eigenvalue weighted by Gasteiger charge is -2.36. The molecule has 6 nitrogen and oxygen atoms in total. The number of aromatic nitrogens is 1. The summed E-state index contributed by atoms with van der Waals surface area (Å²) in [5, 5.41) is 2.60. The Balaban J connectivity index is 1.64. The van der Waals surface area contributed by atoms with Gasteiger partial charge >= 0.3 is 6.09 Å². The third-order valence-electron chi connectivity index (χ3n) is 4.09. The molecule has 2 aliphatic rings. The number of alkyl halides is 1. The fourth-order valence-electron chi connectivity index (χ4n) is 2.97. The van der Waals surface area contributed by atoms with E-state index in [2.05, 4.69) is 15.3 Å². The molecule has 3 heterocycles. The van der Waals surface area contributed by atoms with Crippen molar-refractivity contribution in [2.45, 2.75) is 51.4 Å². The highest BCUT2D eigenvalue weighted by Gasteiger charge is 2.34. The molecule has 1 saturated heterocycles. The van der Waals surface area contributed by atoms with Crippen molar-refractivity contribution in [3.8, 4) is 0 Å². The first-order chi connectivity index (χ1) is 11.7. The van der Waals surface area contributed by atoms with Crippen molar-refractivity contribution < 1.29 is 18.3 Å². The van der Waals surface area contributed by atoms with Crippen molar-refractivity contribution in [2.24, 2.45) is 4.99 Å². The fraction of sp³-hybridized carbons (Fsp3) is 0.588. The Morgan fingerprint density at radius 1 is 1.44 bits per heavy atom. The normalized spacial score (nSPS) is 23.1. The van der Waals surface area contributed by atoms with E-state index in [1.165, 1.54) is 6.07 Å². The molecule has 1 aromatic heterocycles. The average Bonchev–Trinajstić information content (AvgIpc) is 2.90. The smallest absolute Gasteiger partial charge is 0.408 e. The van der Waals surface area contributed by atoms with Gasteiger partial charge in [-0.2, -0.15) is 0 Å². The van der Waals surface area contributed by atoms with Gasteiger partial charge in [0, 0.05) is 25.1 Å². The van der Waals surface area contributed by atoms with Gasteiger partial charge in [-0.1, -0.05) is 0 Å². The molecule has 2 atom stereocenters. The van der Waals surface area contributed by atoms with E-state index in [1.807, 2.05) is 4.90 Å². The van der Waals surface area contributed by atoms with Crippen LogP contribution < -0.4 is 5.32 Å². The first-order valence-electron chi connectivity index (χ1n) is 8.32. The molecular weight excluding hydrogens is 330 g/mol. The van der Waals surface area contributed by atoms with Crippen LogP contribution in [0.5, 0.6) is 0 Å².